The van der Waals surface area contributed by atoms with Gasteiger partial charge in [-0.25, -0.2) is 0 Å². The summed E-state index contributed by atoms with van der Waals surface area (Å²) in [6.07, 6.45) is 1.03. The molecule has 1 heterocycles. The standard InChI is InChI=1S/C7H11N3S/c1-2-5-3-4-6(11-5)7(8)10-9/h3-4H,2,9H2,1H3,(H2,8,10). The van der Waals surface area contributed by atoms with Crippen molar-refractivity contribution >= 4 is 17.2 Å². The molecule has 11 heavy (non-hydrogen) atoms. The van der Waals surface area contributed by atoms with Gasteiger partial charge in [-0.15, -0.1) is 11.3 Å². The van der Waals surface area contributed by atoms with Gasteiger partial charge in [0.15, 0.2) is 5.84 Å². The first-order valence-electron chi connectivity index (χ1n) is 3.40. The number of hydrazone groups is 1. The summed E-state index contributed by atoms with van der Waals surface area (Å²) < 4.78 is 0. The lowest BCUT2D eigenvalue weighted by Crippen LogP contribution is -2.13. The van der Waals surface area contributed by atoms with Crippen molar-refractivity contribution in [1.29, 1.82) is 0 Å². The lowest BCUT2D eigenvalue weighted by molar-refractivity contribution is 1.19. The first-order valence-corrected chi connectivity index (χ1v) is 4.22. The van der Waals surface area contributed by atoms with Gasteiger partial charge in [0.05, 0.1) is 4.88 Å². The number of thiophene rings is 1. The van der Waals surface area contributed by atoms with Crippen LogP contribution in [0.5, 0.6) is 0 Å². The lowest BCUT2D eigenvalue weighted by atomic mass is 10.3. The summed E-state index contributed by atoms with van der Waals surface area (Å²) >= 11 is 1.63. The first-order chi connectivity index (χ1) is 5.27. The Labute approximate surface area is 69.7 Å². The summed E-state index contributed by atoms with van der Waals surface area (Å²) in [4.78, 5) is 2.25. The molecule has 4 N–H and O–H groups in total. The van der Waals surface area contributed by atoms with Gasteiger partial charge in [0, 0.05) is 4.88 Å². The normalized spacial score (nSPS) is 11.9. The summed E-state index contributed by atoms with van der Waals surface area (Å²) in [6, 6.07) is 3.98. The minimum absolute atomic E-state index is 0.412. The van der Waals surface area contributed by atoms with E-state index in [9.17, 15) is 0 Å². The monoisotopic (exact) mass is 169 g/mol. The minimum atomic E-state index is 0.412. The van der Waals surface area contributed by atoms with Crippen LogP contribution in [0.2, 0.25) is 0 Å². The number of nitrogens with zero attached hydrogens (tertiary/aromatic N) is 1. The third-order valence-corrected chi connectivity index (χ3v) is 2.65. The van der Waals surface area contributed by atoms with Crippen LogP contribution in [0.25, 0.3) is 0 Å². The highest BCUT2D eigenvalue weighted by atomic mass is 32.1. The molecule has 0 amide bonds. The Morgan fingerprint density at radius 1 is 1.64 bits per heavy atom. The van der Waals surface area contributed by atoms with E-state index >= 15 is 0 Å². The third-order valence-electron chi connectivity index (χ3n) is 1.40. The Balaban J connectivity index is 2.89. The highest BCUT2D eigenvalue weighted by Gasteiger charge is 2.00. The minimum Gasteiger partial charge on any atom is -0.381 e. The Bertz CT molecular complexity index is 264. The average Bonchev–Trinajstić information content (AvgIpc) is 2.50. The molecule has 1 aromatic rings. The Morgan fingerprint density at radius 3 is 2.82 bits per heavy atom. The van der Waals surface area contributed by atoms with Crippen LogP contribution in [0.15, 0.2) is 17.2 Å². The Kier molecular flexibility index (Phi) is 2.48. The zero-order chi connectivity index (χ0) is 8.27. The fourth-order valence-electron chi connectivity index (χ4n) is 0.769. The van der Waals surface area contributed by atoms with Crippen molar-refractivity contribution < 1.29 is 0 Å². The number of nitrogens with two attached hydrogens (primary N) is 2. The predicted molar refractivity (Wildman–Crippen MR) is 48.6 cm³/mol. The molecule has 0 aliphatic rings. The summed E-state index contributed by atoms with van der Waals surface area (Å²) in [5, 5.41) is 3.41. The molecule has 0 aliphatic heterocycles. The van der Waals surface area contributed by atoms with Crippen LogP contribution in [0.3, 0.4) is 0 Å². The van der Waals surface area contributed by atoms with Gasteiger partial charge in [-0.05, 0) is 18.6 Å². The molecule has 60 valence electrons. The molecule has 0 unspecified atom stereocenters. The van der Waals surface area contributed by atoms with Gasteiger partial charge in [-0.2, -0.15) is 5.10 Å². The van der Waals surface area contributed by atoms with Crippen molar-refractivity contribution in [2.24, 2.45) is 16.7 Å². The van der Waals surface area contributed by atoms with Crippen molar-refractivity contribution in [1.82, 2.24) is 0 Å². The van der Waals surface area contributed by atoms with Crippen molar-refractivity contribution in [3.8, 4) is 0 Å². The molecular formula is C7H11N3S. The molecule has 0 aliphatic carbocycles. The van der Waals surface area contributed by atoms with Gasteiger partial charge in [0.2, 0.25) is 0 Å². The first kappa shape index (κ1) is 8.07. The SMILES string of the molecule is CCc1ccc(C(N)=NN)s1. The maximum Gasteiger partial charge on any atom is 0.160 e. The number of aryl methyl sites for hydroxylation is 1. The number of rotatable bonds is 2. The van der Waals surface area contributed by atoms with E-state index in [-0.39, 0.29) is 0 Å². The van der Waals surface area contributed by atoms with E-state index in [1.54, 1.807) is 11.3 Å². The van der Waals surface area contributed by atoms with E-state index in [1.807, 2.05) is 12.1 Å². The zero-order valence-electron chi connectivity index (χ0n) is 6.37. The van der Waals surface area contributed by atoms with E-state index in [0.29, 0.717) is 5.84 Å². The molecule has 1 aromatic heterocycles. The average molecular weight is 169 g/mol. The molecule has 0 aromatic carbocycles. The third kappa shape index (κ3) is 1.71. The number of hydrogen-bond donors (Lipinski definition) is 2. The highest BCUT2D eigenvalue weighted by Crippen LogP contribution is 2.15. The Hall–Kier alpha value is -1.03. The number of amidine groups is 1. The second-order valence-electron chi connectivity index (χ2n) is 2.13. The highest BCUT2D eigenvalue weighted by molar-refractivity contribution is 7.14. The molecule has 0 spiro atoms. The predicted octanol–water partition coefficient (Wildman–Crippen LogP) is 0.889. The zero-order valence-corrected chi connectivity index (χ0v) is 7.19. The van der Waals surface area contributed by atoms with E-state index in [1.165, 1.54) is 4.88 Å². The second-order valence-corrected chi connectivity index (χ2v) is 3.30. The van der Waals surface area contributed by atoms with E-state index in [4.69, 9.17) is 11.6 Å². The van der Waals surface area contributed by atoms with E-state index < -0.39 is 0 Å². The van der Waals surface area contributed by atoms with Gasteiger partial charge in [-0.1, -0.05) is 6.92 Å². The van der Waals surface area contributed by atoms with Gasteiger partial charge in [0.1, 0.15) is 0 Å². The van der Waals surface area contributed by atoms with Crippen LogP contribution < -0.4 is 11.6 Å². The second kappa shape index (κ2) is 3.39. The molecule has 0 atom stereocenters. The fraction of sp³-hybridized carbons (Fsp3) is 0.286. The van der Waals surface area contributed by atoms with E-state index in [0.717, 1.165) is 11.3 Å². The molecule has 0 saturated carbocycles. The van der Waals surface area contributed by atoms with Crippen molar-refractivity contribution in [3.05, 3.63) is 21.9 Å². The molecule has 0 bridgehead atoms. The van der Waals surface area contributed by atoms with Crippen LogP contribution in [-0.4, -0.2) is 5.84 Å². The smallest absolute Gasteiger partial charge is 0.160 e. The van der Waals surface area contributed by atoms with Gasteiger partial charge in [-0.3, -0.25) is 0 Å². The van der Waals surface area contributed by atoms with Crippen molar-refractivity contribution in [2.75, 3.05) is 0 Å². The summed E-state index contributed by atoms with van der Waals surface area (Å²) in [7, 11) is 0. The molecule has 0 fully saturated rings. The van der Waals surface area contributed by atoms with Crippen LogP contribution >= 0.6 is 11.3 Å². The molecule has 4 heteroatoms. The molecule has 0 radical (unpaired) electrons. The summed E-state index contributed by atoms with van der Waals surface area (Å²) in [5.41, 5.74) is 5.50. The quantitative estimate of drug-likeness (QED) is 0.299. The summed E-state index contributed by atoms with van der Waals surface area (Å²) in [6.45, 7) is 2.10. The molecule has 1 rings (SSSR count). The summed E-state index contributed by atoms with van der Waals surface area (Å²) in [5.74, 6) is 5.44. The van der Waals surface area contributed by atoms with Gasteiger partial charge in [0.25, 0.3) is 0 Å². The maximum absolute atomic E-state index is 5.50. The van der Waals surface area contributed by atoms with Crippen LogP contribution in [0.1, 0.15) is 16.7 Å². The molecule has 3 nitrogen and oxygen atoms in total. The number of hydrogen-bond acceptors (Lipinski definition) is 3. The lowest BCUT2D eigenvalue weighted by Gasteiger charge is -1.90. The fourth-order valence-corrected chi connectivity index (χ4v) is 1.63. The molecule has 0 saturated heterocycles. The van der Waals surface area contributed by atoms with Gasteiger partial charge < -0.3 is 11.6 Å². The largest absolute Gasteiger partial charge is 0.381 e. The van der Waals surface area contributed by atoms with Crippen LogP contribution in [0, 0.1) is 0 Å². The Morgan fingerprint density at radius 2 is 2.36 bits per heavy atom. The maximum atomic E-state index is 5.50. The topological polar surface area (TPSA) is 64.4 Å². The van der Waals surface area contributed by atoms with Gasteiger partial charge >= 0.3 is 0 Å². The van der Waals surface area contributed by atoms with Crippen LogP contribution in [-0.2, 0) is 6.42 Å². The molecular weight excluding hydrogens is 158 g/mol. The van der Waals surface area contributed by atoms with Crippen molar-refractivity contribution in [2.45, 2.75) is 13.3 Å². The van der Waals surface area contributed by atoms with Crippen molar-refractivity contribution in [3.63, 3.8) is 0 Å². The van der Waals surface area contributed by atoms with E-state index in [2.05, 4.69) is 12.0 Å². The van der Waals surface area contributed by atoms with Crippen LogP contribution in [0.4, 0.5) is 0 Å².